The molecule has 0 saturated carbocycles. The number of benzene rings is 2. The van der Waals surface area contributed by atoms with E-state index in [1.54, 1.807) is 11.3 Å². The highest BCUT2D eigenvalue weighted by molar-refractivity contribution is 7.27. The molecule has 2 aromatic heterocycles. The fourth-order valence-corrected chi connectivity index (χ4v) is 4.06. The van der Waals surface area contributed by atoms with Crippen molar-refractivity contribution in [2.75, 3.05) is 0 Å². The Morgan fingerprint density at radius 3 is 2.81 bits per heavy atom. The monoisotopic (exact) mass is 241 g/mol. The predicted octanol–water partition coefficient (Wildman–Crippen LogP) is 4.66. The Morgan fingerprint density at radius 1 is 0.875 bits per heavy atom. The van der Waals surface area contributed by atoms with Crippen LogP contribution in [-0.2, 0) is 0 Å². The van der Waals surface area contributed by atoms with Crippen molar-refractivity contribution in [3.05, 3.63) is 41.9 Å². The molecule has 4 aromatic rings. The summed E-state index contributed by atoms with van der Waals surface area (Å²) in [5.74, 6) is 0. The van der Waals surface area contributed by atoms with Crippen LogP contribution in [0.25, 0.3) is 30.4 Å². The van der Waals surface area contributed by atoms with Gasteiger partial charge >= 0.3 is 0 Å². The average Bonchev–Trinajstić information content (AvgIpc) is 2.92. The molecule has 0 bridgehead atoms. The zero-order chi connectivity index (χ0) is 10.5. The molecule has 3 heteroatoms. The molecule has 0 fully saturated rings. The van der Waals surface area contributed by atoms with E-state index in [1.165, 1.54) is 24.9 Å². The van der Waals surface area contributed by atoms with Crippen molar-refractivity contribution in [3.8, 4) is 0 Å². The van der Waals surface area contributed by atoms with Crippen LogP contribution >= 0.6 is 22.7 Å². The average molecular weight is 241 g/mol. The number of hydrogen-bond acceptors (Lipinski definition) is 3. The van der Waals surface area contributed by atoms with E-state index in [2.05, 4.69) is 41.4 Å². The third-order valence-electron chi connectivity index (χ3n) is 2.85. The molecule has 2 heterocycles. The van der Waals surface area contributed by atoms with Crippen molar-refractivity contribution < 1.29 is 0 Å². The van der Waals surface area contributed by atoms with E-state index in [-0.39, 0.29) is 0 Å². The van der Waals surface area contributed by atoms with Crippen LogP contribution in [0, 0.1) is 0 Å². The second kappa shape index (κ2) is 3.03. The molecule has 0 aliphatic rings. The van der Waals surface area contributed by atoms with Crippen LogP contribution < -0.4 is 0 Å². The van der Waals surface area contributed by atoms with E-state index >= 15 is 0 Å². The van der Waals surface area contributed by atoms with Gasteiger partial charge in [0.25, 0.3) is 0 Å². The molecule has 0 atom stereocenters. The van der Waals surface area contributed by atoms with Gasteiger partial charge in [0.2, 0.25) is 0 Å². The smallest absolute Gasteiger partial charge is 0.0990 e. The molecule has 0 N–H and O–H groups in total. The molecule has 0 spiro atoms. The third kappa shape index (κ3) is 1.02. The van der Waals surface area contributed by atoms with E-state index in [4.69, 9.17) is 0 Å². The molecule has 0 aliphatic heterocycles. The van der Waals surface area contributed by atoms with E-state index in [0.29, 0.717) is 0 Å². The predicted molar refractivity (Wildman–Crippen MR) is 72.5 cm³/mol. The fourth-order valence-electron chi connectivity index (χ4n) is 2.11. The molecular weight excluding hydrogens is 234 g/mol. The first kappa shape index (κ1) is 8.67. The maximum absolute atomic E-state index is 4.47. The van der Waals surface area contributed by atoms with Gasteiger partial charge in [0.05, 0.1) is 20.4 Å². The minimum Gasteiger partial charge on any atom is -0.243 e. The van der Waals surface area contributed by atoms with Crippen molar-refractivity contribution in [2.45, 2.75) is 0 Å². The van der Waals surface area contributed by atoms with Crippen LogP contribution in [0.2, 0.25) is 0 Å². The summed E-state index contributed by atoms with van der Waals surface area (Å²) in [6, 6.07) is 12.9. The molecule has 0 unspecified atom stereocenters. The largest absolute Gasteiger partial charge is 0.243 e. The SMILES string of the molecule is c1ccc2c(c1)sc1c2ccc2scnc21. The Bertz CT molecular complexity index is 810. The fraction of sp³-hybridized carbons (Fsp3) is 0. The summed E-state index contributed by atoms with van der Waals surface area (Å²) in [5, 5.41) is 2.68. The van der Waals surface area contributed by atoms with Gasteiger partial charge in [0, 0.05) is 15.5 Å². The van der Waals surface area contributed by atoms with Crippen molar-refractivity contribution >= 4 is 53.1 Å². The highest BCUT2D eigenvalue weighted by Crippen LogP contribution is 2.38. The van der Waals surface area contributed by atoms with Crippen molar-refractivity contribution in [1.29, 1.82) is 0 Å². The normalized spacial score (nSPS) is 11.8. The number of thiazole rings is 1. The molecule has 4 rings (SSSR count). The molecule has 1 nitrogen and oxygen atoms in total. The molecule has 0 saturated heterocycles. The van der Waals surface area contributed by atoms with Crippen LogP contribution in [0.1, 0.15) is 0 Å². The lowest BCUT2D eigenvalue weighted by molar-refractivity contribution is 1.52. The highest BCUT2D eigenvalue weighted by atomic mass is 32.1. The summed E-state index contributed by atoms with van der Waals surface area (Å²) in [6.45, 7) is 0. The van der Waals surface area contributed by atoms with Gasteiger partial charge in [0.15, 0.2) is 0 Å². The maximum Gasteiger partial charge on any atom is 0.0990 e. The van der Waals surface area contributed by atoms with Gasteiger partial charge in [-0.25, -0.2) is 4.98 Å². The van der Waals surface area contributed by atoms with Crippen molar-refractivity contribution in [1.82, 2.24) is 4.98 Å². The summed E-state index contributed by atoms with van der Waals surface area (Å²) in [4.78, 5) is 4.47. The number of rotatable bonds is 0. The first-order valence-corrected chi connectivity index (χ1v) is 6.76. The second-order valence-electron chi connectivity index (χ2n) is 3.74. The van der Waals surface area contributed by atoms with E-state index < -0.39 is 0 Å². The van der Waals surface area contributed by atoms with Gasteiger partial charge in [0.1, 0.15) is 0 Å². The Labute approximate surface area is 100.0 Å². The minimum atomic E-state index is 1.16. The number of fused-ring (bicyclic) bond motifs is 5. The first-order chi connectivity index (χ1) is 7.93. The zero-order valence-electron chi connectivity index (χ0n) is 8.31. The van der Waals surface area contributed by atoms with E-state index in [1.807, 2.05) is 16.8 Å². The summed E-state index contributed by atoms with van der Waals surface area (Å²) in [5.41, 5.74) is 3.08. The standard InChI is InChI=1S/C13H7NS2/c1-2-4-10-8(3-1)9-5-6-11-12(13(9)16-10)14-7-15-11/h1-7H. The topological polar surface area (TPSA) is 12.9 Å². The zero-order valence-corrected chi connectivity index (χ0v) is 9.94. The summed E-state index contributed by atoms with van der Waals surface area (Å²) < 4.78 is 3.94. The number of nitrogens with zero attached hydrogens (tertiary/aromatic N) is 1. The van der Waals surface area contributed by atoms with Gasteiger partial charge in [-0.1, -0.05) is 24.3 Å². The molecule has 2 aromatic carbocycles. The highest BCUT2D eigenvalue weighted by Gasteiger charge is 2.08. The molecule has 0 aliphatic carbocycles. The maximum atomic E-state index is 4.47. The van der Waals surface area contributed by atoms with Crippen LogP contribution in [0.5, 0.6) is 0 Å². The van der Waals surface area contributed by atoms with Gasteiger partial charge in [-0.05, 0) is 12.1 Å². The second-order valence-corrected chi connectivity index (χ2v) is 5.68. The Hall–Kier alpha value is -1.45. The lowest BCUT2D eigenvalue weighted by Gasteiger charge is -1.91. The van der Waals surface area contributed by atoms with Crippen LogP contribution in [0.3, 0.4) is 0 Å². The lowest BCUT2D eigenvalue weighted by Crippen LogP contribution is -1.68. The summed E-state index contributed by atoms with van der Waals surface area (Å²) in [6.07, 6.45) is 0. The van der Waals surface area contributed by atoms with E-state index in [9.17, 15) is 0 Å². The summed E-state index contributed by atoms with van der Waals surface area (Å²) in [7, 11) is 0. The number of hydrogen-bond donors (Lipinski definition) is 0. The van der Waals surface area contributed by atoms with Gasteiger partial charge < -0.3 is 0 Å². The van der Waals surface area contributed by atoms with Gasteiger partial charge in [-0.2, -0.15) is 0 Å². The molecule has 16 heavy (non-hydrogen) atoms. The Kier molecular flexibility index (Phi) is 1.64. The third-order valence-corrected chi connectivity index (χ3v) is 4.83. The minimum absolute atomic E-state index is 1.16. The van der Waals surface area contributed by atoms with Crippen LogP contribution in [0.15, 0.2) is 41.9 Å². The molecule has 0 amide bonds. The number of thiophene rings is 1. The van der Waals surface area contributed by atoms with Crippen LogP contribution in [0.4, 0.5) is 0 Å². The lowest BCUT2D eigenvalue weighted by atomic mass is 10.1. The van der Waals surface area contributed by atoms with E-state index in [0.717, 1.165) is 5.52 Å². The first-order valence-electron chi connectivity index (χ1n) is 5.07. The molecular formula is C13H7NS2. The van der Waals surface area contributed by atoms with Crippen LogP contribution in [-0.4, -0.2) is 4.98 Å². The van der Waals surface area contributed by atoms with Crippen molar-refractivity contribution in [3.63, 3.8) is 0 Å². The van der Waals surface area contributed by atoms with Gasteiger partial charge in [-0.3, -0.25) is 0 Å². The van der Waals surface area contributed by atoms with Crippen molar-refractivity contribution in [2.24, 2.45) is 0 Å². The van der Waals surface area contributed by atoms with Gasteiger partial charge in [-0.15, -0.1) is 22.7 Å². The molecule has 0 radical (unpaired) electrons. The number of aromatic nitrogens is 1. The quantitative estimate of drug-likeness (QED) is 0.436. The summed E-state index contributed by atoms with van der Waals surface area (Å²) >= 11 is 3.55. The molecule has 76 valence electrons. The Balaban J connectivity index is 2.38. The Morgan fingerprint density at radius 2 is 1.81 bits per heavy atom.